The third kappa shape index (κ3) is 8.55. The Labute approximate surface area is 123 Å². The Balaban J connectivity index is 3.67. The van der Waals surface area contributed by atoms with Crippen molar-refractivity contribution < 1.29 is 13.6 Å². The number of halogens is 4. The Morgan fingerprint density at radius 2 is 1.44 bits per heavy atom. The number of hydrogen-bond donors (Lipinski definition) is 0. The van der Waals surface area contributed by atoms with Gasteiger partial charge in [-0.2, -0.15) is 0 Å². The fraction of sp³-hybridized carbons (Fsp3) is 1.00. The molecular formula is C6H12Br2Cl2N2O3P+. The Kier molecular flexibility index (Phi) is 10.3. The van der Waals surface area contributed by atoms with Crippen LogP contribution < -0.4 is 0 Å². The van der Waals surface area contributed by atoms with E-state index in [9.17, 15) is 4.57 Å². The summed E-state index contributed by atoms with van der Waals surface area (Å²) in [5.41, 5.74) is 0. The van der Waals surface area contributed by atoms with Crippen molar-refractivity contribution in [3.05, 3.63) is 0 Å². The van der Waals surface area contributed by atoms with Gasteiger partial charge >= 0.3 is 8.25 Å². The normalized spacial score (nSPS) is 16.6. The van der Waals surface area contributed by atoms with Gasteiger partial charge in [0.05, 0.1) is 12.1 Å². The summed E-state index contributed by atoms with van der Waals surface area (Å²) in [4.78, 5) is 0. The smallest absolute Gasteiger partial charge is 0.149 e. The highest BCUT2D eigenvalue weighted by molar-refractivity contribution is 9.08. The molecule has 10 heteroatoms. The zero-order chi connectivity index (χ0) is 12.7. The first-order chi connectivity index (χ1) is 7.34. The molecule has 0 aromatic carbocycles. The van der Waals surface area contributed by atoms with Gasteiger partial charge < -0.3 is 0 Å². The summed E-state index contributed by atoms with van der Waals surface area (Å²) in [6.07, 6.45) is 0. The molecule has 0 aliphatic rings. The van der Waals surface area contributed by atoms with Crippen LogP contribution in [0.1, 0.15) is 13.8 Å². The fourth-order valence-electron chi connectivity index (χ4n) is 0.487. The van der Waals surface area contributed by atoms with Gasteiger partial charge in [0.1, 0.15) is 13.2 Å². The maximum atomic E-state index is 11.2. The van der Waals surface area contributed by atoms with Gasteiger partial charge in [-0.05, 0) is 37.4 Å². The van der Waals surface area contributed by atoms with Crippen molar-refractivity contribution in [2.45, 2.75) is 25.9 Å². The average Bonchev–Trinajstić information content (AvgIpc) is 2.21. The Bertz CT molecular complexity index is 206. The van der Waals surface area contributed by atoms with Crippen LogP contribution in [-0.2, 0) is 13.6 Å². The Morgan fingerprint density at radius 3 is 1.69 bits per heavy atom. The Morgan fingerprint density at radius 1 is 1.12 bits per heavy atom. The molecule has 0 aliphatic carbocycles. The standard InChI is InChI=1S/C6H12Br2Cl2N2O3P/c1-5(11(7)9)3-14-16(13)15-4-6(2)12(8)10/h5-6H,3-4H2,1-2H3/q+1. The van der Waals surface area contributed by atoms with E-state index >= 15 is 0 Å². The van der Waals surface area contributed by atoms with Crippen molar-refractivity contribution in [1.29, 1.82) is 0 Å². The monoisotopic (exact) mass is 419 g/mol. The molecule has 0 fully saturated rings. The first kappa shape index (κ1) is 17.5. The molecule has 2 atom stereocenters. The van der Waals surface area contributed by atoms with Crippen LogP contribution in [0.4, 0.5) is 0 Å². The molecule has 0 rings (SSSR count). The summed E-state index contributed by atoms with van der Waals surface area (Å²) in [5, 5.41) is 0. The van der Waals surface area contributed by atoms with E-state index in [-0.39, 0.29) is 25.3 Å². The topological polar surface area (TPSA) is 42.0 Å². The van der Waals surface area contributed by atoms with E-state index in [1.807, 2.05) is 0 Å². The summed E-state index contributed by atoms with van der Waals surface area (Å²) in [6.45, 7) is 3.98. The predicted molar refractivity (Wildman–Crippen MR) is 71.7 cm³/mol. The van der Waals surface area contributed by atoms with Crippen LogP contribution in [0.2, 0.25) is 0 Å². The molecule has 0 aliphatic heterocycles. The van der Waals surface area contributed by atoms with E-state index in [1.165, 1.54) is 6.89 Å². The summed E-state index contributed by atoms with van der Waals surface area (Å²) in [7, 11) is -2.16. The van der Waals surface area contributed by atoms with Crippen LogP contribution in [-0.4, -0.2) is 32.2 Å². The van der Waals surface area contributed by atoms with Crippen molar-refractivity contribution >= 4 is 64.1 Å². The molecule has 2 unspecified atom stereocenters. The summed E-state index contributed by atoms with van der Waals surface area (Å²) in [5.74, 6) is 0. The third-order valence-electron chi connectivity index (χ3n) is 1.51. The molecule has 0 amide bonds. The van der Waals surface area contributed by atoms with Gasteiger partial charge in [0.2, 0.25) is 0 Å². The second kappa shape index (κ2) is 9.42. The number of nitrogens with zero attached hydrogens (tertiary/aromatic N) is 2. The van der Waals surface area contributed by atoms with Gasteiger partial charge in [-0.25, -0.2) is 0 Å². The molecule has 0 saturated carbocycles. The summed E-state index contributed by atoms with van der Waals surface area (Å²) < 4.78 is 23.7. The van der Waals surface area contributed by atoms with Crippen LogP contribution in [0.3, 0.4) is 0 Å². The molecule has 96 valence electrons. The first-order valence-electron chi connectivity index (χ1n) is 4.29. The minimum Gasteiger partial charge on any atom is -0.149 e. The Hall–Kier alpha value is 1.48. The zero-order valence-electron chi connectivity index (χ0n) is 8.65. The molecule has 0 saturated heterocycles. The van der Waals surface area contributed by atoms with Gasteiger partial charge in [-0.15, -0.1) is 15.9 Å². The highest BCUT2D eigenvalue weighted by Crippen LogP contribution is 2.26. The first-order valence-corrected chi connectivity index (χ1v) is 7.48. The van der Waals surface area contributed by atoms with Crippen molar-refractivity contribution in [2.75, 3.05) is 13.2 Å². The molecular weight excluding hydrogens is 410 g/mol. The van der Waals surface area contributed by atoms with E-state index < -0.39 is 8.25 Å². The fourth-order valence-corrected chi connectivity index (χ4v) is 1.59. The van der Waals surface area contributed by atoms with Crippen molar-refractivity contribution in [1.82, 2.24) is 6.89 Å². The van der Waals surface area contributed by atoms with Gasteiger partial charge in [-0.3, -0.25) is 0 Å². The molecule has 0 bridgehead atoms. The highest BCUT2D eigenvalue weighted by Gasteiger charge is 2.25. The maximum Gasteiger partial charge on any atom is 0.697 e. The van der Waals surface area contributed by atoms with Gasteiger partial charge in [-0.1, -0.05) is 0 Å². The highest BCUT2D eigenvalue weighted by atomic mass is 79.9. The molecule has 0 aromatic heterocycles. The third-order valence-corrected chi connectivity index (χ3v) is 4.29. The minimum atomic E-state index is -2.16. The molecule has 0 aromatic rings. The van der Waals surface area contributed by atoms with Crippen LogP contribution in [0.5, 0.6) is 0 Å². The van der Waals surface area contributed by atoms with Crippen LogP contribution in [0.15, 0.2) is 0 Å². The second-order valence-corrected chi connectivity index (χ2v) is 7.07. The van der Waals surface area contributed by atoms with Crippen LogP contribution in [0, 0.1) is 0 Å². The molecule has 5 nitrogen and oxygen atoms in total. The second-order valence-electron chi connectivity index (χ2n) is 3.03. The van der Waals surface area contributed by atoms with Gasteiger partial charge in [0.25, 0.3) is 0 Å². The largest absolute Gasteiger partial charge is 0.697 e. The van der Waals surface area contributed by atoms with E-state index in [0.29, 0.717) is 0 Å². The van der Waals surface area contributed by atoms with E-state index in [1.54, 1.807) is 13.8 Å². The molecule has 0 spiro atoms. The average molecular weight is 422 g/mol. The van der Waals surface area contributed by atoms with E-state index in [4.69, 9.17) is 32.6 Å². The number of hydrogen-bond acceptors (Lipinski definition) is 5. The summed E-state index contributed by atoms with van der Waals surface area (Å²) >= 11 is 17.2. The van der Waals surface area contributed by atoms with Crippen molar-refractivity contribution in [3.8, 4) is 0 Å². The number of rotatable bonds is 8. The lowest BCUT2D eigenvalue weighted by atomic mass is 10.4. The van der Waals surface area contributed by atoms with Crippen LogP contribution >= 0.6 is 64.1 Å². The SMILES string of the molecule is CC(CO[P+](=O)OCC(C)N(Cl)Br)N(Cl)Br. The molecule has 0 N–H and O–H groups in total. The van der Waals surface area contributed by atoms with Crippen molar-refractivity contribution in [3.63, 3.8) is 0 Å². The van der Waals surface area contributed by atoms with Crippen molar-refractivity contribution in [2.24, 2.45) is 0 Å². The van der Waals surface area contributed by atoms with Gasteiger partial charge in [0, 0.05) is 36.9 Å². The molecule has 16 heavy (non-hydrogen) atoms. The van der Waals surface area contributed by atoms with E-state index in [0.717, 1.165) is 0 Å². The zero-order valence-corrected chi connectivity index (χ0v) is 14.2. The minimum absolute atomic E-state index is 0.123. The molecule has 0 heterocycles. The van der Waals surface area contributed by atoms with E-state index in [2.05, 4.69) is 32.3 Å². The maximum absolute atomic E-state index is 11.2. The quantitative estimate of drug-likeness (QED) is 0.438. The lowest BCUT2D eigenvalue weighted by Gasteiger charge is -2.11. The summed E-state index contributed by atoms with van der Waals surface area (Å²) in [6, 6.07) is -0.246. The van der Waals surface area contributed by atoms with Crippen LogP contribution in [0.25, 0.3) is 0 Å². The lowest BCUT2D eigenvalue weighted by Crippen LogP contribution is -2.21. The molecule has 0 radical (unpaired) electrons. The predicted octanol–water partition coefficient (Wildman–Crippen LogP) is 3.99. The lowest BCUT2D eigenvalue weighted by molar-refractivity contribution is 0.191. The van der Waals surface area contributed by atoms with Gasteiger partial charge in [0.15, 0.2) is 0 Å².